The molecule has 1 saturated heterocycles. The van der Waals surface area contributed by atoms with E-state index in [4.69, 9.17) is 0 Å². The molecule has 0 unspecified atom stereocenters. The number of hydrogen-bond donors (Lipinski definition) is 1. The Hall–Kier alpha value is -1.20. The van der Waals surface area contributed by atoms with Crippen LogP contribution in [0.25, 0.3) is 0 Å². The lowest BCUT2D eigenvalue weighted by Crippen LogP contribution is -2.57. The van der Waals surface area contributed by atoms with E-state index < -0.39 is 0 Å². The van der Waals surface area contributed by atoms with Crippen LogP contribution in [0, 0.1) is 11.7 Å². The highest BCUT2D eigenvalue weighted by atomic mass is 19.1. The van der Waals surface area contributed by atoms with Crippen LogP contribution in [0.1, 0.15) is 27.7 Å². The first kappa shape index (κ1) is 17.2. The molecule has 124 valence electrons. The van der Waals surface area contributed by atoms with Crippen LogP contribution < -0.4 is 5.32 Å². The number of hydrogen-bond acceptors (Lipinski definition) is 4. The van der Waals surface area contributed by atoms with Gasteiger partial charge in [0.15, 0.2) is 11.6 Å². The van der Waals surface area contributed by atoms with Crippen LogP contribution in [0.2, 0.25) is 0 Å². The second-order valence-electron chi connectivity index (χ2n) is 7.18. The summed E-state index contributed by atoms with van der Waals surface area (Å²) in [6, 6.07) is 3.05. The SMILES string of the molecule is CC(C)CN1CCN(C(C)(C)CNc2ncccc2F)CC1. The fourth-order valence-corrected chi connectivity index (χ4v) is 2.98. The van der Waals surface area contributed by atoms with Gasteiger partial charge in [0, 0.05) is 51.0 Å². The van der Waals surface area contributed by atoms with Gasteiger partial charge < -0.3 is 10.2 Å². The van der Waals surface area contributed by atoms with Gasteiger partial charge in [0.1, 0.15) is 0 Å². The molecule has 4 nitrogen and oxygen atoms in total. The van der Waals surface area contributed by atoms with Crippen LogP contribution in [0.4, 0.5) is 10.2 Å². The first-order chi connectivity index (χ1) is 10.4. The summed E-state index contributed by atoms with van der Waals surface area (Å²) in [5, 5.41) is 3.15. The van der Waals surface area contributed by atoms with Gasteiger partial charge in [0.05, 0.1) is 0 Å². The molecule has 22 heavy (non-hydrogen) atoms. The molecule has 0 aliphatic carbocycles. The van der Waals surface area contributed by atoms with Gasteiger partial charge >= 0.3 is 0 Å². The number of aromatic nitrogens is 1. The molecule has 5 heteroatoms. The molecule has 0 amide bonds. The maximum atomic E-state index is 13.6. The summed E-state index contributed by atoms with van der Waals surface area (Å²) in [6.45, 7) is 15.1. The zero-order valence-electron chi connectivity index (χ0n) is 14.3. The Morgan fingerprint density at radius 3 is 2.55 bits per heavy atom. The summed E-state index contributed by atoms with van der Waals surface area (Å²) in [5.41, 5.74) is -0.0200. The van der Waals surface area contributed by atoms with Crippen molar-refractivity contribution in [3.8, 4) is 0 Å². The van der Waals surface area contributed by atoms with E-state index in [0.29, 0.717) is 18.3 Å². The third-order valence-corrected chi connectivity index (χ3v) is 4.30. The smallest absolute Gasteiger partial charge is 0.165 e. The number of rotatable bonds is 6. The molecule has 1 fully saturated rings. The molecule has 0 bridgehead atoms. The highest BCUT2D eigenvalue weighted by Crippen LogP contribution is 2.19. The second kappa shape index (κ2) is 7.38. The highest BCUT2D eigenvalue weighted by Gasteiger charge is 2.30. The van der Waals surface area contributed by atoms with Crippen molar-refractivity contribution in [1.29, 1.82) is 0 Å². The zero-order valence-corrected chi connectivity index (χ0v) is 14.3. The minimum atomic E-state index is -0.292. The monoisotopic (exact) mass is 308 g/mol. The van der Waals surface area contributed by atoms with Gasteiger partial charge in [-0.15, -0.1) is 0 Å². The summed E-state index contributed by atoms with van der Waals surface area (Å²) in [5.74, 6) is 0.766. The molecule has 0 radical (unpaired) electrons. The van der Waals surface area contributed by atoms with Gasteiger partial charge in [0.25, 0.3) is 0 Å². The molecule has 1 aromatic rings. The Morgan fingerprint density at radius 1 is 1.27 bits per heavy atom. The number of nitrogens with one attached hydrogen (secondary N) is 1. The number of halogens is 1. The Morgan fingerprint density at radius 2 is 1.95 bits per heavy atom. The number of piperazine rings is 1. The van der Waals surface area contributed by atoms with Crippen molar-refractivity contribution in [2.24, 2.45) is 5.92 Å². The van der Waals surface area contributed by atoms with Crippen molar-refractivity contribution in [2.75, 3.05) is 44.6 Å². The van der Waals surface area contributed by atoms with Crippen molar-refractivity contribution in [3.63, 3.8) is 0 Å². The van der Waals surface area contributed by atoms with Gasteiger partial charge in [-0.1, -0.05) is 13.8 Å². The topological polar surface area (TPSA) is 31.4 Å². The summed E-state index contributed by atoms with van der Waals surface area (Å²) in [7, 11) is 0. The average molecular weight is 308 g/mol. The van der Waals surface area contributed by atoms with Gasteiger partial charge in [-0.2, -0.15) is 0 Å². The standard InChI is InChI=1S/C17H29FN4/c1-14(2)12-21-8-10-22(11-9-21)17(3,4)13-20-16-15(18)6-5-7-19-16/h5-7,14H,8-13H2,1-4H3,(H,19,20). The largest absolute Gasteiger partial charge is 0.366 e. The highest BCUT2D eigenvalue weighted by molar-refractivity contribution is 5.35. The van der Waals surface area contributed by atoms with Crippen molar-refractivity contribution in [3.05, 3.63) is 24.1 Å². The average Bonchev–Trinajstić information content (AvgIpc) is 2.46. The van der Waals surface area contributed by atoms with Gasteiger partial charge in [-0.3, -0.25) is 4.90 Å². The van der Waals surface area contributed by atoms with Crippen LogP contribution in [0.5, 0.6) is 0 Å². The predicted molar refractivity (Wildman–Crippen MR) is 89.6 cm³/mol. The van der Waals surface area contributed by atoms with Crippen LogP contribution >= 0.6 is 0 Å². The molecule has 2 rings (SSSR count). The molecule has 2 heterocycles. The molecule has 1 aliphatic heterocycles. The van der Waals surface area contributed by atoms with E-state index in [1.54, 1.807) is 12.3 Å². The lowest BCUT2D eigenvalue weighted by molar-refractivity contribution is 0.0544. The second-order valence-corrected chi connectivity index (χ2v) is 7.18. The zero-order chi connectivity index (χ0) is 16.2. The minimum absolute atomic E-state index is 0.0200. The molecular weight excluding hydrogens is 279 g/mol. The van der Waals surface area contributed by atoms with E-state index in [1.807, 2.05) is 0 Å². The van der Waals surface area contributed by atoms with Crippen LogP contribution in [0.3, 0.4) is 0 Å². The molecule has 0 atom stereocenters. The Labute approximate surface area is 133 Å². The number of pyridine rings is 1. The van der Waals surface area contributed by atoms with Crippen LogP contribution in [-0.2, 0) is 0 Å². The molecule has 1 aromatic heterocycles. The fraction of sp³-hybridized carbons (Fsp3) is 0.706. The van der Waals surface area contributed by atoms with Crippen LogP contribution in [-0.4, -0.2) is 59.6 Å². The minimum Gasteiger partial charge on any atom is -0.366 e. The lowest BCUT2D eigenvalue weighted by Gasteiger charge is -2.44. The lowest BCUT2D eigenvalue weighted by atomic mass is 10.0. The first-order valence-electron chi connectivity index (χ1n) is 8.20. The normalized spacial score (nSPS) is 17.9. The third kappa shape index (κ3) is 4.65. The summed E-state index contributed by atoms with van der Waals surface area (Å²) in [6.07, 6.45) is 1.61. The molecule has 0 spiro atoms. The van der Waals surface area contributed by atoms with Crippen molar-refractivity contribution in [2.45, 2.75) is 33.2 Å². The summed E-state index contributed by atoms with van der Waals surface area (Å²) < 4.78 is 13.6. The Kier molecular flexibility index (Phi) is 5.75. The van der Waals surface area contributed by atoms with Crippen molar-refractivity contribution in [1.82, 2.24) is 14.8 Å². The number of nitrogens with zero attached hydrogens (tertiary/aromatic N) is 3. The first-order valence-corrected chi connectivity index (χ1v) is 8.20. The van der Waals surface area contributed by atoms with E-state index in [0.717, 1.165) is 26.2 Å². The Balaban J connectivity index is 1.85. The molecule has 1 N–H and O–H groups in total. The summed E-state index contributed by atoms with van der Waals surface area (Å²) in [4.78, 5) is 9.07. The van der Waals surface area contributed by atoms with E-state index >= 15 is 0 Å². The van der Waals surface area contributed by atoms with Crippen molar-refractivity contribution >= 4 is 5.82 Å². The van der Waals surface area contributed by atoms with Crippen LogP contribution in [0.15, 0.2) is 18.3 Å². The molecular formula is C17H29FN4. The molecule has 0 saturated carbocycles. The Bertz CT molecular complexity index is 467. The van der Waals surface area contributed by atoms with E-state index in [-0.39, 0.29) is 11.4 Å². The van der Waals surface area contributed by atoms with E-state index in [9.17, 15) is 4.39 Å². The van der Waals surface area contributed by atoms with Crippen molar-refractivity contribution < 1.29 is 4.39 Å². The maximum absolute atomic E-state index is 13.6. The third-order valence-electron chi connectivity index (χ3n) is 4.30. The predicted octanol–water partition coefficient (Wildman–Crippen LogP) is 2.68. The maximum Gasteiger partial charge on any atom is 0.165 e. The summed E-state index contributed by atoms with van der Waals surface area (Å²) >= 11 is 0. The van der Waals surface area contributed by atoms with Gasteiger partial charge in [-0.25, -0.2) is 9.37 Å². The van der Waals surface area contributed by atoms with E-state index in [1.165, 1.54) is 12.6 Å². The van der Waals surface area contributed by atoms with Gasteiger partial charge in [-0.05, 0) is 31.9 Å². The fourth-order valence-electron chi connectivity index (χ4n) is 2.98. The number of anilines is 1. The molecule has 0 aromatic carbocycles. The van der Waals surface area contributed by atoms with E-state index in [2.05, 4.69) is 47.8 Å². The van der Waals surface area contributed by atoms with Gasteiger partial charge in [0.2, 0.25) is 0 Å². The molecule has 1 aliphatic rings. The quantitative estimate of drug-likeness (QED) is 0.875.